The lowest BCUT2D eigenvalue weighted by atomic mass is 9.77. The fourth-order valence-electron chi connectivity index (χ4n) is 2.79. The molecule has 1 fully saturated rings. The first-order valence-corrected chi connectivity index (χ1v) is 6.22. The average Bonchev–Trinajstić information content (AvgIpc) is 2.29. The number of carboxylic acids is 1. The molecule has 0 saturated heterocycles. The quantitative estimate of drug-likeness (QED) is 0.789. The maximum atomic E-state index is 10.7. The molecule has 1 saturated carbocycles. The topological polar surface area (TPSA) is 63.3 Å². The maximum absolute atomic E-state index is 10.7. The molecule has 1 aromatic carbocycles. The van der Waals surface area contributed by atoms with Crippen molar-refractivity contribution in [1.82, 2.24) is 0 Å². The Hall–Kier alpha value is -1.51. The molecule has 1 aliphatic rings. The van der Waals surface area contributed by atoms with Crippen LogP contribution in [0.3, 0.4) is 0 Å². The van der Waals surface area contributed by atoms with Gasteiger partial charge in [0.25, 0.3) is 0 Å². The average molecular weight is 233 g/mol. The van der Waals surface area contributed by atoms with Gasteiger partial charge in [-0.1, -0.05) is 18.6 Å². The summed E-state index contributed by atoms with van der Waals surface area (Å²) in [5.41, 5.74) is 7.76. The van der Waals surface area contributed by atoms with Crippen molar-refractivity contribution < 1.29 is 9.90 Å². The zero-order valence-electron chi connectivity index (χ0n) is 9.93. The van der Waals surface area contributed by atoms with Crippen LogP contribution < -0.4 is 5.73 Å². The second-order valence-electron chi connectivity index (χ2n) is 4.99. The highest BCUT2D eigenvalue weighted by Crippen LogP contribution is 2.37. The minimum absolute atomic E-state index is 0.311. The zero-order valence-corrected chi connectivity index (χ0v) is 9.93. The van der Waals surface area contributed by atoms with E-state index in [0.29, 0.717) is 18.3 Å². The van der Waals surface area contributed by atoms with Gasteiger partial charge in [-0.25, -0.2) is 0 Å². The summed E-state index contributed by atoms with van der Waals surface area (Å²) in [6.07, 6.45) is 4.66. The molecular weight excluding hydrogens is 214 g/mol. The van der Waals surface area contributed by atoms with Crippen molar-refractivity contribution in [3.05, 3.63) is 29.8 Å². The van der Waals surface area contributed by atoms with Crippen LogP contribution in [-0.4, -0.2) is 11.1 Å². The van der Waals surface area contributed by atoms with Crippen LogP contribution in [-0.2, 0) is 4.79 Å². The third kappa shape index (κ3) is 3.22. The third-order valence-electron chi connectivity index (χ3n) is 3.65. The van der Waals surface area contributed by atoms with Crippen LogP contribution in [0.4, 0.5) is 5.69 Å². The lowest BCUT2D eigenvalue weighted by molar-refractivity contribution is -0.138. The molecule has 2 atom stereocenters. The van der Waals surface area contributed by atoms with Crippen molar-refractivity contribution in [1.29, 1.82) is 0 Å². The Labute approximate surface area is 102 Å². The molecule has 2 unspecified atom stereocenters. The van der Waals surface area contributed by atoms with E-state index in [1.165, 1.54) is 12.0 Å². The van der Waals surface area contributed by atoms with E-state index in [4.69, 9.17) is 10.8 Å². The fourth-order valence-corrected chi connectivity index (χ4v) is 2.79. The lowest BCUT2D eigenvalue weighted by Gasteiger charge is -2.28. The molecule has 0 aliphatic heterocycles. The van der Waals surface area contributed by atoms with E-state index in [2.05, 4.69) is 12.1 Å². The van der Waals surface area contributed by atoms with Crippen molar-refractivity contribution in [2.24, 2.45) is 5.92 Å². The molecule has 17 heavy (non-hydrogen) atoms. The first kappa shape index (κ1) is 12.0. The van der Waals surface area contributed by atoms with Crippen molar-refractivity contribution >= 4 is 11.7 Å². The Morgan fingerprint density at radius 2 is 2.00 bits per heavy atom. The van der Waals surface area contributed by atoms with Crippen LogP contribution in [0, 0.1) is 5.92 Å². The minimum Gasteiger partial charge on any atom is -0.481 e. The Morgan fingerprint density at radius 3 is 2.65 bits per heavy atom. The predicted octanol–water partition coefficient (Wildman–Crippen LogP) is 3.02. The molecule has 1 aromatic rings. The van der Waals surface area contributed by atoms with Gasteiger partial charge < -0.3 is 10.8 Å². The number of hydrogen-bond acceptors (Lipinski definition) is 2. The smallest absolute Gasteiger partial charge is 0.303 e. The second kappa shape index (κ2) is 5.21. The number of nitrogens with two attached hydrogens (primary N) is 1. The molecule has 0 amide bonds. The Balaban J connectivity index is 2.01. The lowest BCUT2D eigenvalue weighted by Crippen LogP contribution is -2.17. The van der Waals surface area contributed by atoms with Gasteiger partial charge in [-0.2, -0.15) is 0 Å². The predicted molar refractivity (Wildman–Crippen MR) is 67.8 cm³/mol. The van der Waals surface area contributed by atoms with Gasteiger partial charge in [-0.3, -0.25) is 4.79 Å². The van der Waals surface area contributed by atoms with E-state index in [1.54, 1.807) is 0 Å². The molecule has 0 heterocycles. The van der Waals surface area contributed by atoms with Crippen LogP contribution in [0.15, 0.2) is 24.3 Å². The summed E-state index contributed by atoms with van der Waals surface area (Å²) in [5.74, 6) is 0.172. The molecule has 3 N–H and O–H groups in total. The largest absolute Gasteiger partial charge is 0.481 e. The van der Waals surface area contributed by atoms with Crippen LogP contribution in [0.5, 0.6) is 0 Å². The van der Waals surface area contributed by atoms with Crippen LogP contribution >= 0.6 is 0 Å². The van der Waals surface area contributed by atoms with E-state index in [0.717, 1.165) is 24.9 Å². The number of nitrogen functional groups attached to an aromatic ring is 1. The maximum Gasteiger partial charge on any atom is 0.303 e. The summed E-state index contributed by atoms with van der Waals surface area (Å²) in [4.78, 5) is 10.7. The molecule has 0 aromatic heterocycles. The second-order valence-corrected chi connectivity index (χ2v) is 4.99. The fraction of sp³-hybridized carbons (Fsp3) is 0.500. The number of benzene rings is 1. The van der Waals surface area contributed by atoms with E-state index < -0.39 is 5.97 Å². The van der Waals surface area contributed by atoms with E-state index in [-0.39, 0.29) is 0 Å². The van der Waals surface area contributed by atoms with E-state index in [1.807, 2.05) is 12.1 Å². The normalized spacial score (nSPS) is 24.5. The monoisotopic (exact) mass is 233 g/mol. The summed E-state index contributed by atoms with van der Waals surface area (Å²) < 4.78 is 0. The summed E-state index contributed by atoms with van der Waals surface area (Å²) in [6, 6.07) is 8.00. The Kier molecular flexibility index (Phi) is 3.67. The molecule has 2 rings (SSSR count). The standard InChI is InChI=1S/C14H19NO2/c15-13-6-4-11(5-7-13)12-3-1-2-10(8-12)9-14(16)17/h4-7,10,12H,1-3,8-9,15H2,(H,16,17). The number of rotatable bonds is 3. The number of aliphatic carboxylic acids is 1. The number of anilines is 1. The molecule has 3 heteroatoms. The molecular formula is C14H19NO2. The van der Waals surface area contributed by atoms with Crippen LogP contribution in [0.1, 0.15) is 43.6 Å². The molecule has 92 valence electrons. The van der Waals surface area contributed by atoms with Crippen LogP contribution in [0.2, 0.25) is 0 Å². The highest BCUT2D eigenvalue weighted by atomic mass is 16.4. The highest BCUT2D eigenvalue weighted by Gasteiger charge is 2.24. The van der Waals surface area contributed by atoms with Crippen molar-refractivity contribution in [2.45, 2.75) is 38.0 Å². The van der Waals surface area contributed by atoms with Crippen molar-refractivity contribution in [3.8, 4) is 0 Å². The van der Waals surface area contributed by atoms with Gasteiger partial charge in [0.1, 0.15) is 0 Å². The first-order valence-electron chi connectivity index (χ1n) is 6.22. The summed E-state index contributed by atoms with van der Waals surface area (Å²) in [5, 5.41) is 8.84. The van der Waals surface area contributed by atoms with E-state index >= 15 is 0 Å². The molecule has 1 aliphatic carbocycles. The number of carbonyl (C=O) groups is 1. The first-order chi connectivity index (χ1) is 8.15. The summed E-state index contributed by atoms with van der Waals surface area (Å²) in [7, 11) is 0. The SMILES string of the molecule is Nc1ccc(C2CCCC(CC(=O)O)C2)cc1. The number of carboxylic acid groups (broad SMARTS) is 1. The van der Waals surface area contributed by atoms with Crippen LogP contribution in [0.25, 0.3) is 0 Å². The minimum atomic E-state index is -0.673. The molecule has 0 bridgehead atoms. The van der Waals surface area contributed by atoms with Gasteiger partial charge >= 0.3 is 5.97 Å². The van der Waals surface area contributed by atoms with Gasteiger partial charge in [-0.05, 0) is 48.8 Å². The van der Waals surface area contributed by atoms with E-state index in [9.17, 15) is 4.79 Å². The Morgan fingerprint density at radius 1 is 1.29 bits per heavy atom. The highest BCUT2D eigenvalue weighted by molar-refractivity contribution is 5.67. The molecule has 3 nitrogen and oxygen atoms in total. The van der Waals surface area contributed by atoms with Gasteiger partial charge in [0.05, 0.1) is 0 Å². The Bertz CT molecular complexity index is 386. The van der Waals surface area contributed by atoms with Crippen molar-refractivity contribution in [2.75, 3.05) is 5.73 Å². The molecule has 0 spiro atoms. The molecule has 0 radical (unpaired) electrons. The zero-order chi connectivity index (χ0) is 12.3. The van der Waals surface area contributed by atoms with Gasteiger partial charge in [0.15, 0.2) is 0 Å². The van der Waals surface area contributed by atoms with Gasteiger partial charge in [0, 0.05) is 12.1 Å². The van der Waals surface area contributed by atoms with Gasteiger partial charge in [-0.15, -0.1) is 0 Å². The van der Waals surface area contributed by atoms with Crippen molar-refractivity contribution in [3.63, 3.8) is 0 Å². The van der Waals surface area contributed by atoms with Gasteiger partial charge in [0.2, 0.25) is 0 Å². The number of hydrogen-bond donors (Lipinski definition) is 2. The summed E-state index contributed by atoms with van der Waals surface area (Å²) >= 11 is 0. The summed E-state index contributed by atoms with van der Waals surface area (Å²) in [6.45, 7) is 0. The third-order valence-corrected chi connectivity index (χ3v) is 3.65.